The van der Waals surface area contributed by atoms with Gasteiger partial charge in [-0.25, -0.2) is 8.42 Å². The van der Waals surface area contributed by atoms with Crippen molar-refractivity contribution in [1.29, 1.82) is 0 Å². The highest BCUT2D eigenvalue weighted by atomic mass is 32.2. The van der Waals surface area contributed by atoms with Crippen LogP contribution in [0.4, 0.5) is 13.2 Å². The molecule has 0 heterocycles. The summed E-state index contributed by atoms with van der Waals surface area (Å²) in [6.07, 6.45) is 2.71. The molecule has 0 spiro atoms. The molecule has 1 saturated carbocycles. The first-order valence-electron chi connectivity index (χ1n) is 6.93. The molecule has 3 nitrogen and oxygen atoms in total. The zero-order chi connectivity index (χ0) is 16.3. The lowest BCUT2D eigenvalue weighted by Gasteiger charge is -2.33. The van der Waals surface area contributed by atoms with Crippen LogP contribution in [0.25, 0.3) is 0 Å². The Morgan fingerprint density at radius 3 is 2.18 bits per heavy atom. The van der Waals surface area contributed by atoms with E-state index in [1.54, 1.807) is 35.1 Å². The van der Waals surface area contributed by atoms with Crippen molar-refractivity contribution in [2.24, 2.45) is 0 Å². The lowest BCUT2D eigenvalue weighted by molar-refractivity contribution is -0.0455. The van der Waals surface area contributed by atoms with E-state index in [0.29, 0.717) is 18.4 Å². The largest absolute Gasteiger partial charge is 0.511 e. The lowest BCUT2D eigenvalue weighted by Crippen LogP contribution is -2.52. The van der Waals surface area contributed by atoms with Gasteiger partial charge < -0.3 is 0 Å². The van der Waals surface area contributed by atoms with E-state index in [2.05, 4.69) is 11.8 Å². The number of nitrogens with one attached hydrogen (secondary N) is 1. The topological polar surface area (TPSA) is 46.2 Å². The van der Waals surface area contributed by atoms with Gasteiger partial charge in [0.05, 0.1) is 5.54 Å². The molecule has 1 aliphatic carbocycles. The van der Waals surface area contributed by atoms with Crippen LogP contribution in [0.15, 0.2) is 30.3 Å². The zero-order valence-corrected chi connectivity index (χ0v) is 12.6. The van der Waals surface area contributed by atoms with Crippen LogP contribution in [0.5, 0.6) is 0 Å². The van der Waals surface area contributed by atoms with E-state index in [1.807, 2.05) is 0 Å². The molecule has 22 heavy (non-hydrogen) atoms. The number of halogens is 3. The van der Waals surface area contributed by atoms with Gasteiger partial charge in [0.2, 0.25) is 0 Å². The Morgan fingerprint density at radius 2 is 1.64 bits per heavy atom. The first-order chi connectivity index (χ1) is 10.2. The second kappa shape index (κ2) is 6.31. The van der Waals surface area contributed by atoms with Crippen LogP contribution in [0.1, 0.15) is 37.7 Å². The van der Waals surface area contributed by atoms with Gasteiger partial charge in [0.25, 0.3) is 0 Å². The highest BCUT2D eigenvalue weighted by Gasteiger charge is 2.50. The molecule has 0 radical (unpaired) electrons. The molecule has 1 aromatic rings. The Hall–Kier alpha value is -1.52. The lowest BCUT2D eigenvalue weighted by atomic mass is 9.83. The maximum atomic E-state index is 12.6. The molecule has 2 rings (SSSR count). The average Bonchev–Trinajstić information content (AvgIpc) is 2.46. The molecule has 1 N–H and O–H groups in total. The van der Waals surface area contributed by atoms with Gasteiger partial charge in [0, 0.05) is 5.56 Å². The van der Waals surface area contributed by atoms with Crippen molar-refractivity contribution in [3.63, 3.8) is 0 Å². The van der Waals surface area contributed by atoms with Crippen molar-refractivity contribution in [3.05, 3.63) is 35.9 Å². The summed E-state index contributed by atoms with van der Waals surface area (Å²) in [6.45, 7) is 0. The monoisotopic (exact) mass is 331 g/mol. The molecule has 0 atom stereocenters. The van der Waals surface area contributed by atoms with Gasteiger partial charge in [0.15, 0.2) is 0 Å². The Labute approximate surface area is 128 Å². The number of sulfonamides is 1. The van der Waals surface area contributed by atoms with E-state index in [9.17, 15) is 21.6 Å². The molecule has 0 unspecified atom stereocenters. The van der Waals surface area contributed by atoms with Crippen LogP contribution < -0.4 is 4.72 Å². The standard InChI is InChI=1S/C15H16F3NO2S/c16-15(17,18)22(20,21)19-14(10-5-2-6-11-14)12-9-13-7-3-1-4-8-13/h1,3-4,7-8,19H,2,5-6,10-11H2. The third-order valence-electron chi connectivity index (χ3n) is 3.56. The molecule has 1 aliphatic rings. The van der Waals surface area contributed by atoms with Crippen molar-refractivity contribution in [1.82, 2.24) is 4.72 Å². The summed E-state index contributed by atoms with van der Waals surface area (Å²) in [5.74, 6) is 5.52. The van der Waals surface area contributed by atoms with Crippen LogP contribution in [-0.2, 0) is 10.0 Å². The average molecular weight is 331 g/mol. The molecule has 1 fully saturated rings. The predicted molar refractivity (Wildman–Crippen MR) is 77.2 cm³/mol. The fraction of sp³-hybridized carbons (Fsp3) is 0.467. The summed E-state index contributed by atoms with van der Waals surface area (Å²) >= 11 is 0. The molecular weight excluding hydrogens is 315 g/mol. The van der Waals surface area contributed by atoms with E-state index in [1.165, 1.54) is 0 Å². The van der Waals surface area contributed by atoms with Crippen LogP contribution >= 0.6 is 0 Å². The van der Waals surface area contributed by atoms with Gasteiger partial charge in [-0.2, -0.15) is 17.9 Å². The molecule has 0 aromatic heterocycles. The van der Waals surface area contributed by atoms with Crippen LogP contribution in [0.2, 0.25) is 0 Å². The van der Waals surface area contributed by atoms with Gasteiger partial charge in [-0.3, -0.25) is 0 Å². The molecule has 0 bridgehead atoms. The fourth-order valence-electron chi connectivity index (χ4n) is 2.44. The van der Waals surface area contributed by atoms with Gasteiger partial charge in [-0.05, 0) is 25.0 Å². The van der Waals surface area contributed by atoms with Gasteiger partial charge in [-0.1, -0.05) is 49.3 Å². The molecule has 0 amide bonds. The van der Waals surface area contributed by atoms with E-state index < -0.39 is 21.1 Å². The van der Waals surface area contributed by atoms with E-state index in [-0.39, 0.29) is 12.8 Å². The Balaban J connectivity index is 2.32. The van der Waals surface area contributed by atoms with Crippen molar-refractivity contribution < 1.29 is 21.6 Å². The first-order valence-corrected chi connectivity index (χ1v) is 8.41. The summed E-state index contributed by atoms with van der Waals surface area (Å²) in [5, 5.41) is 0. The number of rotatable bonds is 2. The van der Waals surface area contributed by atoms with Crippen molar-refractivity contribution in [2.45, 2.75) is 43.2 Å². The molecular formula is C15H16F3NO2S. The number of benzene rings is 1. The Morgan fingerprint density at radius 1 is 1.05 bits per heavy atom. The quantitative estimate of drug-likeness (QED) is 0.846. The minimum Gasteiger partial charge on any atom is -0.203 e. The highest BCUT2D eigenvalue weighted by molar-refractivity contribution is 7.90. The second-order valence-electron chi connectivity index (χ2n) is 5.31. The highest BCUT2D eigenvalue weighted by Crippen LogP contribution is 2.32. The van der Waals surface area contributed by atoms with Gasteiger partial charge in [0.1, 0.15) is 0 Å². The van der Waals surface area contributed by atoms with E-state index in [4.69, 9.17) is 0 Å². The summed E-state index contributed by atoms with van der Waals surface area (Å²) in [7, 11) is -5.41. The van der Waals surface area contributed by atoms with Gasteiger partial charge in [-0.15, -0.1) is 0 Å². The molecule has 0 aliphatic heterocycles. The SMILES string of the molecule is O=S(=O)(NC1(C#Cc2ccccc2)CCCCC1)C(F)(F)F. The van der Waals surface area contributed by atoms with E-state index in [0.717, 1.165) is 6.42 Å². The molecule has 1 aromatic carbocycles. The summed E-state index contributed by atoms with van der Waals surface area (Å²) in [5.41, 5.74) is -6.03. The normalized spacial score (nSPS) is 18.3. The molecule has 7 heteroatoms. The number of alkyl halides is 3. The fourth-order valence-corrected chi connectivity index (χ4v) is 3.32. The first kappa shape index (κ1) is 16.8. The van der Waals surface area contributed by atoms with Gasteiger partial charge >= 0.3 is 15.5 Å². The minimum absolute atomic E-state index is 0.280. The maximum absolute atomic E-state index is 12.6. The van der Waals surface area contributed by atoms with Crippen LogP contribution in [-0.4, -0.2) is 19.5 Å². The summed E-state index contributed by atoms with van der Waals surface area (Å²) in [4.78, 5) is 0. The van der Waals surface area contributed by atoms with Crippen LogP contribution in [0.3, 0.4) is 0 Å². The van der Waals surface area contributed by atoms with Crippen molar-refractivity contribution >= 4 is 10.0 Å². The predicted octanol–water partition coefficient (Wildman–Crippen LogP) is 3.18. The van der Waals surface area contributed by atoms with Crippen molar-refractivity contribution in [3.8, 4) is 11.8 Å². The Bertz CT molecular complexity index is 666. The second-order valence-corrected chi connectivity index (χ2v) is 6.98. The Kier molecular flexibility index (Phi) is 4.83. The smallest absolute Gasteiger partial charge is 0.203 e. The number of hydrogen-bond donors (Lipinski definition) is 1. The van der Waals surface area contributed by atoms with E-state index >= 15 is 0 Å². The summed E-state index contributed by atoms with van der Waals surface area (Å²) in [6, 6.07) is 8.77. The molecule has 120 valence electrons. The third-order valence-corrected chi connectivity index (χ3v) is 4.83. The van der Waals surface area contributed by atoms with Crippen LogP contribution in [0, 0.1) is 11.8 Å². The molecule has 0 saturated heterocycles. The maximum Gasteiger partial charge on any atom is 0.511 e. The minimum atomic E-state index is -5.41. The number of hydrogen-bond acceptors (Lipinski definition) is 2. The summed E-state index contributed by atoms with van der Waals surface area (Å²) < 4.78 is 62.5. The third kappa shape index (κ3) is 4.02. The van der Waals surface area contributed by atoms with Crippen molar-refractivity contribution in [2.75, 3.05) is 0 Å². The zero-order valence-electron chi connectivity index (χ0n) is 11.8.